The first kappa shape index (κ1) is 15.7. The Morgan fingerprint density at radius 1 is 1.32 bits per heavy atom. The molecule has 2 N–H and O–H groups in total. The first-order valence-electron chi connectivity index (χ1n) is 6.71. The van der Waals surface area contributed by atoms with Crippen LogP contribution in [0.2, 0.25) is 0 Å². The monoisotopic (exact) mass is 267 g/mol. The number of carbonyl (C=O) groups is 1. The summed E-state index contributed by atoms with van der Waals surface area (Å²) in [7, 11) is 4.00. The second kappa shape index (κ2) is 7.96. The van der Waals surface area contributed by atoms with Crippen LogP contribution >= 0.6 is 0 Å². The van der Waals surface area contributed by atoms with Crippen LogP contribution in [0.4, 0.5) is 0 Å². The molecule has 1 aromatic heterocycles. The Labute approximate surface area is 115 Å². The van der Waals surface area contributed by atoms with Gasteiger partial charge in [0.1, 0.15) is 11.5 Å². The molecule has 0 aliphatic rings. The van der Waals surface area contributed by atoms with Gasteiger partial charge in [-0.05, 0) is 46.1 Å². The molecule has 5 nitrogen and oxygen atoms in total. The van der Waals surface area contributed by atoms with Crippen molar-refractivity contribution in [1.29, 1.82) is 0 Å². The van der Waals surface area contributed by atoms with E-state index in [9.17, 15) is 4.79 Å². The fraction of sp³-hybridized carbons (Fsp3) is 0.643. The summed E-state index contributed by atoms with van der Waals surface area (Å²) in [5, 5.41) is 0. The van der Waals surface area contributed by atoms with Crippen LogP contribution in [0.25, 0.3) is 0 Å². The molecule has 0 spiro atoms. The fourth-order valence-corrected chi connectivity index (χ4v) is 1.78. The lowest BCUT2D eigenvalue weighted by Gasteiger charge is -2.23. The minimum absolute atomic E-state index is 0.140. The van der Waals surface area contributed by atoms with Crippen molar-refractivity contribution in [3.8, 4) is 0 Å². The Balaban J connectivity index is 2.59. The van der Waals surface area contributed by atoms with Crippen LogP contribution in [-0.2, 0) is 11.3 Å². The van der Waals surface area contributed by atoms with E-state index in [4.69, 9.17) is 10.2 Å². The zero-order chi connectivity index (χ0) is 14.3. The average molecular weight is 267 g/mol. The predicted molar refractivity (Wildman–Crippen MR) is 75.7 cm³/mol. The maximum Gasteiger partial charge on any atom is 0.223 e. The van der Waals surface area contributed by atoms with E-state index in [0.717, 1.165) is 24.5 Å². The molecule has 0 unspecified atom stereocenters. The van der Waals surface area contributed by atoms with Gasteiger partial charge < -0.3 is 20.0 Å². The number of furan rings is 1. The lowest BCUT2D eigenvalue weighted by molar-refractivity contribution is -0.132. The van der Waals surface area contributed by atoms with Crippen molar-refractivity contribution in [2.24, 2.45) is 5.73 Å². The molecule has 0 fully saturated rings. The highest BCUT2D eigenvalue weighted by Gasteiger charge is 2.15. The van der Waals surface area contributed by atoms with Crippen LogP contribution in [0, 0.1) is 6.92 Å². The molecule has 0 aliphatic heterocycles. The van der Waals surface area contributed by atoms with Gasteiger partial charge in [0, 0.05) is 19.5 Å². The zero-order valence-electron chi connectivity index (χ0n) is 12.2. The van der Waals surface area contributed by atoms with Crippen molar-refractivity contribution in [2.45, 2.75) is 26.3 Å². The van der Waals surface area contributed by atoms with Crippen LogP contribution in [0.5, 0.6) is 0 Å². The van der Waals surface area contributed by atoms with Gasteiger partial charge in [-0.1, -0.05) is 0 Å². The van der Waals surface area contributed by atoms with Gasteiger partial charge >= 0.3 is 0 Å². The molecule has 0 bridgehead atoms. The highest BCUT2D eigenvalue weighted by molar-refractivity contribution is 5.76. The summed E-state index contributed by atoms with van der Waals surface area (Å²) in [4.78, 5) is 16.0. The van der Waals surface area contributed by atoms with Gasteiger partial charge in [-0.25, -0.2) is 0 Å². The lowest BCUT2D eigenvalue weighted by Crippen LogP contribution is -2.36. The zero-order valence-corrected chi connectivity index (χ0v) is 12.2. The molecule has 0 aliphatic carbocycles. The third kappa shape index (κ3) is 5.89. The van der Waals surface area contributed by atoms with Crippen LogP contribution in [-0.4, -0.2) is 49.4 Å². The summed E-state index contributed by atoms with van der Waals surface area (Å²) in [5.74, 6) is 1.84. The standard InChI is InChI=1S/C14H25N3O2/c1-12-6-7-13(19-12)11-17(10-9-16(2)3)14(18)5-4-8-15/h6-7H,4-5,8-11,15H2,1-3H3. The number of likely N-dealkylation sites (N-methyl/N-ethyl adjacent to an activating group) is 1. The maximum absolute atomic E-state index is 12.1. The fourth-order valence-electron chi connectivity index (χ4n) is 1.78. The molecule has 0 radical (unpaired) electrons. The van der Waals surface area contributed by atoms with Crippen molar-refractivity contribution in [3.05, 3.63) is 23.7 Å². The number of hydrogen-bond acceptors (Lipinski definition) is 4. The first-order valence-corrected chi connectivity index (χ1v) is 6.71. The van der Waals surface area contributed by atoms with Crippen molar-refractivity contribution in [1.82, 2.24) is 9.80 Å². The Morgan fingerprint density at radius 2 is 2.05 bits per heavy atom. The molecule has 1 aromatic rings. The molecular formula is C14H25N3O2. The highest BCUT2D eigenvalue weighted by atomic mass is 16.3. The van der Waals surface area contributed by atoms with Gasteiger partial charge in [-0.2, -0.15) is 0 Å². The van der Waals surface area contributed by atoms with Gasteiger partial charge in [-0.3, -0.25) is 4.79 Å². The van der Waals surface area contributed by atoms with Gasteiger partial charge in [0.05, 0.1) is 6.54 Å². The Bertz CT molecular complexity index is 388. The number of nitrogens with zero attached hydrogens (tertiary/aromatic N) is 2. The number of nitrogens with two attached hydrogens (primary N) is 1. The molecule has 0 saturated heterocycles. The number of carbonyl (C=O) groups excluding carboxylic acids is 1. The largest absolute Gasteiger partial charge is 0.464 e. The molecule has 0 atom stereocenters. The van der Waals surface area contributed by atoms with E-state index in [-0.39, 0.29) is 5.91 Å². The van der Waals surface area contributed by atoms with E-state index in [1.54, 1.807) is 0 Å². The Hall–Kier alpha value is -1.33. The molecule has 108 valence electrons. The molecule has 1 heterocycles. The lowest BCUT2D eigenvalue weighted by atomic mass is 10.2. The van der Waals surface area contributed by atoms with Gasteiger partial charge in [0.25, 0.3) is 0 Å². The van der Waals surface area contributed by atoms with Crippen LogP contribution in [0.1, 0.15) is 24.4 Å². The van der Waals surface area contributed by atoms with Crippen molar-refractivity contribution in [3.63, 3.8) is 0 Å². The van der Waals surface area contributed by atoms with E-state index >= 15 is 0 Å². The van der Waals surface area contributed by atoms with E-state index in [1.165, 1.54) is 0 Å². The van der Waals surface area contributed by atoms with E-state index in [0.29, 0.717) is 26.1 Å². The molecule has 5 heteroatoms. The topological polar surface area (TPSA) is 62.7 Å². The summed E-state index contributed by atoms with van der Waals surface area (Å²) in [6.45, 7) is 4.53. The van der Waals surface area contributed by atoms with E-state index in [2.05, 4.69) is 4.90 Å². The summed E-state index contributed by atoms with van der Waals surface area (Å²) in [6.07, 6.45) is 1.23. The average Bonchev–Trinajstić information content (AvgIpc) is 2.76. The molecular weight excluding hydrogens is 242 g/mol. The van der Waals surface area contributed by atoms with Crippen molar-refractivity contribution >= 4 is 5.91 Å². The SMILES string of the molecule is Cc1ccc(CN(CCN(C)C)C(=O)CCCN)o1. The number of aryl methyl sites for hydroxylation is 1. The smallest absolute Gasteiger partial charge is 0.223 e. The molecule has 1 amide bonds. The van der Waals surface area contributed by atoms with Crippen LogP contribution in [0.15, 0.2) is 16.5 Å². The van der Waals surface area contributed by atoms with Crippen molar-refractivity contribution in [2.75, 3.05) is 33.7 Å². The molecule has 19 heavy (non-hydrogen) atoms. The van der Waals surface area contributed by atoms with Crippen molar-refractivity contribution < 1.29 is 9.21 Å². The summed E-state index contributed by atoms with van der Waals surface area (Å²) in [6, 6.07) is 3.85. The van der Waals surface area contributed by atoms with Gasteiger partial charge in [0.15, 0.2) is 0 Å². The quantitative estimate of drug-likeness (QED) is 0.769. The predicted octanol–water partition coefficient (Wildman–Crippen LogP) is 1.22. The second-order valence-electron chi connectivity index (χ2n) is 5.02. The third-order valence-corrected chi connectivity index (χ3v) is 2.91. The Kier molecular flexibility index (Phi) is 6.59. The highest BCUT2D eigenvalue weighted by Crippen LogP contribution is 2.11. The third-order valence-electron chi connectivity index (χ3n) is 2.91. The minimum atomic E-state index is 0.140. The summed E-state index contributed by atoms with van der Waals surface area (Å²) < 4.78 is 5.54. The summed E-state index contributed by atoms with van der Waals surface area (Å²) in [5.41, 5.74) is 5.46. The van der Waals surface area contributed by atoms with E-state index in [1.807, 2.05) is 38.1 Å². The first-order chi connectivity index (χ1) is 9.02. The molecule has 0 saturated carbocycles. The Morgan fingerprint density at radius 3 is 2.58 bits per heavy atom. The van der Waals surface area contributed by atoms with Gasteiger partial charge in [-0.15, -0.1) is 0 Å². The number of hydrogen-bond donors (Lipinski definition) is 1. The number of amides is 1. The summed E-state index contributed by atoms with van der Waals surface area (Å²) >= 11 is 0. The second-order valence-corrected chi connectivity index (χ2v) is 5.02. The van der Waals surface area contributed by atoms with Crippen LogP contribution < -0.4 is 5.73 Å². The van der Waals surface area contributed by atoms with Gasteiger partial charge in [0.2, 0.25) is 5.91 Å². The van der Waals surface area contributed by atoms with E-state index < -0.39 is 0 Å². The molecule has 1 rings (SSSR count). The normalized spacial score (nSPS) is 11.0. The maximum atomic E-state index is 12.1. The molecule has 0 aromatic carbocycles. The van der Waals surface area contributed by atoms with Crippen LogP contribution in [0.3, 0.4) is 0 Å². The number of rotatable bonds is 8. The minimum Gasteiger partial charge on any atom is -0.464 e.